The summed E-state index contributed by atoms with van der Waals surface area (Å²) >= 11 is 0. The number of carbonyl (C=O) groups excluding carboxylic acids is 2. The summed E-state index contributed by atoms with van der Waals surface area (Å²) in [4.78, 5) is 40.5. The number of fused-ring (bicyclic) bond motifs is 3. The molecule has 2 atom stereocenters. The highest BCUT2D eigenvalue weighted by Crippen LogP contribution is 2.44. The van der Waals surface area contributed by atoms with Crippen molar-refractivity contribution in [1.29, 1.82) is 0 Å². The second-order valence-electron chi connectivity index (χ2n) is 8.01. The van der Waals surface area contributed by atoms with Crippen molar-refractivity contribution >= 4 is 27.8 Å². The summed E-state index contributed by atoms with van der Waals surface area (Å²) in [6, 6.07) is 14.3. The minimum atomic E-state index is -3.43. The molecular formula is C23H26N2O8S. The lowest BCUT2D eigenvalue weighted by Gasteiger charge is -2.20. The zero-order valence-corrected chi connectivity index (χ0v) is 19.5. The van der Waals surface area contributed by atoms with Gasteiger partial charge >= 0.3 is 12.1 Å². The molecule has 3 rings (SSSR count). The predicted octanol–water partition coefficient (Wildman–Crippen LogP) is 1.85. The van der Waals surface area contributed by atoms with Crippen LogP contribution in [0.1, 0.15) is 30.4 Å². The van der Waals surface area contributed by atoms with Crippen LogP contribution < -0.4 is 10.8 Å². The van der Waals surface area contributed by atoms with E-state index in [9.17, 15) is 22.8 Å². The van der Waals surface area contributed by atoms with Crippen LogP contribution in [0.4, 0.5) is 4.79 Å². The molecule has 1 aliphatic carbocycles. The number of amides is 2. The van der Waals surface area contributed by atoms with E-state index in [0.29, 0.717) is 0 Å². The van der Waals surface area contributed by atoms with Gasteiger partial charge in [0.15, 0.2) is 6.10 Å². The number of rotatable bonds is 10. The van der Waals surface area contributed by atoms with Gasteiger partial charge in [-0.25, -0.2) is 23.5 Å². The standard InChI is InChI=1S/C23H26N2O8S/c1-14(22(27)28)33-25-21(26)20(11-12-34(2,30)31)24-23(29)32-13-19-17-9-5-3-7-15(17)16-8-4-6-10-18(16)19/h3-10,14,19-20H,11-13H2,1-2H3,(H,24,29)(H,25,26)(H,27,28). The first-order valence-corrected chi connectivity index (χ1v) is 12.6. The lowest BCUT2D eigenvalue weighted by atomic mass is 9.98. The molecule has 2 amide bonds. The van der Waals surface area contributed by atoms with E-state index in [1.165, 1.54) is 6.92 Å². The Bertz CT molecular complexity index is 1140. The number of alkyl carbamates (subject to hydrolysis) is 1. The van der Waals surface area contributed by atoms with Crippen LogP contribution in [0.15, 0.2) is 48.5 Å². The van der Waals surface area contributed by atoms with Crippen LogP contribution in [-0.4, -0.2) is 62.3 Å². The van der Waals surface area contributed by atoms with Gasteiger partial charge in [-0.05, 0) is 35.6 Å². The zero-order valence-electron chi connectivity index (χ0n) is 18.7. The maximum absolute atomic E-state index is 12.5. The molecule has 1 aliphatic rings. The molecule has 11 heteroatoms. The summed E-state index contributed by atoms with van der Waals surface area (Å²) in [7, 11) is -3.43. The molecule has 34 heavy (non-hydrogen) atoms. The van der Waals surface area contributed by atoms with Gasteiger partial charge in [-0.2, -0.15) is 0 Å². The van der Waals surface area contributed by atoms with Crippen LogP contribution in [0.5, 0.6) is 0 Å². The Hall–Kier alpha value is -3.44. The van der Waals surface area contributed by atoms with Gasteiger partial charge in [0.2, 0.25) is 0 Å². The third-order valence-corrected chi connectivity index (χ3v) is 6.39. The maximum Gasteiger partial charge on any atom is 0.407 e. The van der Waals surface area contributed by atoms with E-state index in [0.717, 1.165) is 28.5 Å². The quantitative estimate of drug-likeness (QED) is 0.427. The average Bonchev–Trinajstić information content (AvgIpc) is 3.11. The van der Waals surface area contributed by atoms with Crippen LogP contribution >= 0.6 is 0 Å². The normalized spacial score (nSPS) is 14.4. The van der Waals surface area contributed by atoms with Crippen molar-refractivity contribution in [1.82, 2.24) is 10.8 Å². The predicted molar refractivity (Wildman–Crippen MR) is 123 cm³/mol. The van der Waals surface area contributed by atoms with Gasteiger partial charge in [-0.1, -0.05) is 48.5 Å². The molecule has 2 aromatic rings. The number of sulfone groups is 1. The first-order valence-electron chi connectivity index (χ1n) is 10.5. The molecule has 0 aliphatic heterocycles. The Morgan fingerprint density at radius 2 is 1.59 bits per heavy atom. The molecule has 0 bridgehead atoms. The van der Waals surface area contributed by atoms with E-state index >= 15 is 0 Å². The molecule has 182 valence electrons. The lowest BCUT2D eigenvalue weighted by molar-refractivity contribution is -0.159. The monoisotopic (exact) mass is 490 g/mol. The van der Waals surface area contributed by atoms with E-state index in [1.807, 2.05) is 54.0 Å². The third-order valence-electron chi connectivity index (χ3n) is 5.41. The summed E-state index contributed by atoms with van der Waals surface area (Å²) in [6.45, 7) is 1.21. The van der Waals surface area contributed by atoms with Crippen LogP contribution in [-0.2, 0) is 29.0 Å². The number of nitrogens with one attached hydrogen (secondary N) is 2. The first kappa shape index (κ1) is 25.2. The lowest BCUT2D eigenvalue weighted by Crippen LogP contribution is -2.49. The number of ether oxygens (including phenoxy) is 1. The number of hydrogen-bond donors (Lipinski definition) is 3. The number of benzene rings is 2. The van der Waals surface area contributed by atoms with Gasteiger partial charge in [0.1, 0.15) is 22.5 Å². The zero-order chi connectivity index (χ0) is 24.9. The Kier molecular flexibility index (Phi) is 7.90. The number of carboxylic acid groups (broad SMARTS) is 1. The van der Waals surface area contributed by atoms with Crippen LogP contribution in [0.25, 0.3) is 11.1 Å². The van der Waals surface area contributed by atoms with Gasteiger partial charge in [0.25, 0.3) is 5.91 Å². The summed E-state index contributed by atoms with van der Waals surface area (Å²) < 4.78 is 28.5. The molecule has 2 aromatic carbocycles. The van der Waals surface area contributed by atoms with E-state index in [-0.39, 0.29) is 24.7 Å². The van der Waals surface area contributed by atoms with Crippen molar-refractivity contribution in [3.8, 4) is 11.1 Å². The first-order chi connectivity index (χ1) is 16.1. The summed E-state index contributed by atoms with van der Waals surface area (Å²) in [5, 5.41) is 11.2. The highest BCUT2D eigenvalue weighted by molar-refractivity contribution is 7.90. The van der Waals surface area contributed by atoms with Crippen molar-refractivity contribution in [2.75, 3.05) is 18.6 Å². The van der Waals surface area contributed by atoms with Crippen molar-refractivity contribution in [3.63, 3.8) is 0 Å². The second kappa shape index (κ2) is 10.7. The molecule has 3 N–H and O–H groups in total. The number of aliphatic carboxylic acids is 1. The average molecular weight is 491 g/mol. The van der Waals surface area contributed by atoms with Gasteiger partial charge in [0, 0.05) is 12.2 Å². The third kappa shape index (κ3) is 6.33. The molecule has 0 spiro atoms. The summed E-state index contributed by atoms with van der Waals surface area (Å²) in [5.74, 6) is -2.78. The maximum atomic E-state index is 12.5. The van der Waals surface area contributed by atoms with Crippen molar-refractivity contribution in [2.24, 2.45) is 0 Å². The summed E-state index contributed by atoms with van der Waals surface area (Å²) in [5.41, 5.74) is 6.08. The van der Waals surface area contributed by atoms with E-state index < -0.39 is 40.0 Å². The number of hydrogen-bond acceptors (Lipinski definition) is 7. The largest absolute Gasteiger partial charge is 0.479 e. The van der Waals surface area contributed by atoms with Crippen molar-refractivity contribution in [2.45, 2.75) is 31.4 Å². The molecule has 0 saturated carbocycles. The van der Waals surface area contributed by atoms with Gasteiger partial charge in [-0.3, -0.25) is 9.63 Å². The van der Waals surface area contributed by atoms with Crippen molar-refractivity contribution in [3.05, 3.63) is 59.7 Å². The summed E-state index contributed by atoms with van der Waals surface area (Å²) in [6.07, 6.45) is -1.51. The molecule has 0 aromatic heterocycles. The molecule has 10 nitrogen and oxygen atoms in total. The van der Waals surface area contributed by atoms with E-state index in [1.54, 1.807) is 0 Å². The fourth-order valence-electron chi connectivity index (χ4n) is 3.65. The minimum absolute atomic E-state index is 0.00677. The Morgan fingerprint density at radius 3 is 2.12 bits per heavy atom. The molecule has 0 radical (unpaired) electrons. The topological polar surface area (TPSA) is 148 Å². The Balaban J connectivity index is 1.66. The highest BCUT2D eigenvalue weighted by atomic mass is 32.2. The van der Waals surface area contributed by atoms with E-state index in [2.05, 4.69) is 5.32 Å². The Morgan fingerprint density at radius 1 is 1.03 bits per heavy atom. The molecule has 2 unspecified atom stereocenters. The molecule has 0 heterocycles. The van der Waals surface area contributed by atoms with Crippen LogP contribution in [0.3, 0.4) is 0 Å². The Labute approximate surface area is 197 Å². The van der Waals surface area contributed by atoms with Gasteiger partial charge < -0.3 is 15.2 Å². The van der Waals surface area contributed by atoms with Gasteiger partial charge in [-0.15, -0.1) is 0 Å². The molecule has 0 fully saturated rings. The number of carbonyl (C=O) groups is 3. The van der Waals surface area contributed by atoms with Crippen molar-refractivity contribution < 1.29 is 37.5 Å². The molecular weight excluding hydrogens is 464 g/mol. The minimum Gasteiger partial charge on any atom is -0.479 e. The molecule has 0 saturated heterocycles. The number of hydroxylamine groups is 1. The fraction of sp³-hybridized carbons (Fsp3) is 0.348. The smallest absolute Gasteiger partial charge is 0.407 e. The highest BCUT2D eigenvalue weighted by Gasteiger charge is 2.30. The second-order valence-corrected chi connectivity index (χ2v) is 10.3. The number of carboxylic acids is 1. The van der Waals surface area contributed by atoms with Crippen LogP contribution in [0.2, 0.25) is 0 Å². The SMILES string of the molecule is CC(ONC(=O)C(CCS(C)(=O)=O)NC(=O)OCC1c2ccccc2-c2ccccc21)C(=O)O. The van der Waals surface area contributed by atoms with Gasteiger partial charge in [0.05, 0.1) is 5.75 Å². The fourth-order valence-corrected chi connectivity index (χ4v) is 4.31. The van der Waals surface area contributed by atoms with Crippen LogP contribution in [0, 0.1) is 0 Å². The van der Waals surface area contributed by atoms with E-state index in [4.69, 9.17) is 14.7 Å².